The van der Waals surface area contributed by atoms with Crippen LogP contribution >= 0.6 is 0 Å². The molecule has 0 spiro atoms. The second-order valence-electron chi connectivity index (χ2n) is 11.2. The van der Waals surface area contributed by atoms with Crippen molar-refractivity contribution in [2.24, 2.45) is 5.92 Å². The third kappa shape index (κ3) is 6.87. The van der Waals surface area contributed by atoms with Crippen LogP contribution in [-0.4, -0.2) is 130 Å². The molecule has 38 heavy (non-hydrogen) atoms. The molecule has 0 amide bonds. The molecule has 14 unspecified atom stereocenters. The number of aliphatic hydroxyl groups excluding tert-OH is 6. The van der Waals surface area contributed by atoms with Crippen LogP contribution in [0.25, 0.3) is 0 Å². The zero-order valence-electron chi connectivity index (χ0n) is 22.3. The molecule has 14 atom stereocenters. The van der Waals surface area contributed by atoms with E-state index >= 15 is 0 Å². The summed E-state index contributed by atoms with van der Waals surface area (Å²) in [5, 5.41) is 61.5. The van der Waals surface area contributed by atoms with Crippen molar-refractivity contribution in [3.05, 3.63) is 0 Å². The fourth-order valence-corrected chi connectivity index (χ4v) is 5.93. The first-order chi connectivity index (χ1) is 18.2. The van der Waals surface area contributed by atoms with Gasteiger partial charge in [0.05, 0.1) is 37.6 Å². The molecule has 4 rings (SSSR count). The van der Waals surface area contributed by atoms with Crippen molar-refractivity contribution >= 4 is 0 Å². The van der Waals surface area contributed by atoms with Gasteiger partial charge in [-0.05, 0) is 38.5 Å². The Kier molecular flexibility index (Phi) is 11.2. The van der Waals surface area contributed by atoms with E-state index < -0.39 is 86.3 Å². The highest BCUT2D eigenvalue weighted by atomic mass is 16.7. The molecule has 6 N–H and O–H groups in total. The summed E-state index contributed by atoms with van der Waals surface area (Å²) in [6, 6.07) is 0. The van der Waals surface area contributed by atoms with Gasteiger partial charge in [0.1, 0.15) is 42.7 Å². The average molecular weight is 551 g/mol. The van der Waals surface area contributed by atoms with E-state index in [1.165, 1.54) is 0 Å². The Bertz CT molecular complexity index is 714. The Labute approximate surface area is 223 Å². The first-order valence-corrected chi connectivity index (χ1v) is 14.1. The highest BCUT2D eigenvalue weighted by Gasteiger charge is 2.51. The number of hydrogen-bond acceptors (Lipinski definition) is 12. The van der Waals surface area contributed by atoms with Crippen molar-refractivity contribution < 1.29 is 59.1 Å². The molecule has 0 aromatic carbocycles. The van der Waals surface area contributed by atoms with Gasteiger partial charge in [0.15, 0.2) is 12.6 Å². The van der Waals surface area contributed by atoms with Crippen molar-refractivity contribution in [2.75, 3.05) is 19.8 Å². The van der Waals surface area contributed by atoms with Gasteiger partial charge in [0.25, 0.3) is 0 Å². The van der Waals surface area contributed by atoms with Gasteiger partial charge < -0.3 is 59.1 Å². The molecular weight excluding hydrogens is 504 g/mol. The largest absolute Gasteiger partial charge is 0.394 e. The van der Waals surface area contributed by atoms with E-state index in [0.29, 0.717) is 19.4 Å². The molecule has 12 nitrogen and oxygen atoms in total. The quantitative estimate of drug-likeness (QED) is 0.243. The van der Waals surface area contributed by atoms with Gasteiger partial charge in [-0.2, -0.15) is 0 Å². The molecule has 0 aromatic heterocycles. The molecule has 4 fully saturated rings. The fraction of sp³-hybridized carbons (Fsp3) is 1.00. The van der Waals surface area contributed by atoms with Crippen LogP contribution in [0, 0.1) is 5.92 Å². The van der Waals surface area contributed by atoms with Gasteiger partial charge in [-0.15, -0.1) is 0 Å². The summed E-state index contributed by atoms with van der Waals surface area (Å²) < 4.78 is 36.6. The van der Waals surface area contributed by atoms with Gasteiger partial charge in [-0.3, -0.25) is 0 Å². The number of hydrogen-bond donors (Lipinski definition) is 6. The first-order valence-electron chi connectivity index (χ1n) is 14.1. The fourth-order valence-electron chi connectivity index (χ4n) is 5.93. The van der Waals surface area contributed by atoms with Crippen molar-refractivity contribution in [1.29, 1.82) is 0 Å². The van der Waals surface area contributed by atoms with Crippen LogP contribution < -0.4 is 0 Å². The smallest absolute Gasteiger partial charge is 0.187 e. The SMILES string of the molecule is CC1CCCC(OC2OC(CO)C(O)C3OC(CO)CCCCCOC23)C1OC1OC(C)C(O)C(O)C1O. The summed E-state index contributed by atoms with van der Waals surface area (Å²) in [6.07, 6.45) is -6.86. The van der Waals surface area contributed by atoms with E-state index in [1.807, 2.05) is 6.92 Å². The van der Waals surface area contributed by atoms with Gasteiger partial charge in [0, 0.05) is 6.61 Å². The molecule has 1 aliphatic carbocycles. The maximum Gasteiger partial charge on any atom is 0.187 e. The van der Waals surface area contributed by atoms with Crippen LogP contribution in [0.1, 0.15) is 58.8 Å². The van der Waals surface area contributed by atoms with Crippen LogP contribution in [0.5, 0.6) is 0 Å². The van der Waals surface area contributed by atoms with Gasteiger partial charge in [-0.1, -0.05) is 26.2 Å². The summed E-state index contributed by atoms with van der Waals surface area (Å²) >= 11 is 0. The summed E-state index contributed by atoms with van der Waals surface area (Å²) in [6.45, 7) is 3.35. The second-order valence-corrected chi connectivity index (χ2v) is 11.2. The molecule has 1 saturated carbocycles. The summed E-state index contributed by atoms with van der Waals surface area (Å²) in [7, 11) is 0. The van der Waals surface area contributed by atoms with Crippen LogP contribution in [0.2, 0.25) is 0 Å². The van der Waals surface area contributed by atoms with Gasteiger partial charge in [0.2, 0.25) is 0 Å². The topological polar surface area (TPSA) is 177 Å². The lowest BCUT2D eigenvalue weighted by Crippen LogP contribution is -2.63. The number of fused-ring (bicyclic) bond motifs is 1. The Morgan fingerprint density at radius 3 is 2.21 bits per heavy atom. The van der Waals surface area contributed by atoms with Crippen molar-refractivity contribution in [3.63, 3.8) is 0 Å². The Morgan fingerprint density at radius 1 is 0.684 bits per heavy atom. The van der Waals surface area contributed by atoms with Crippen molar-refractivity contribution in [2.45, 2.75) is 139 Å². The van der Waals surface area contributed by atoms with Gasteiger partial charge >= 0.3 is 0 Å². The molecule has 12 heteroatoms. The minimum atomic E-state index is -1.44. The molecule has 4 aliphatic rings. The monoisotopic (exact) mass is 550 g/mol. The lowest BCUT2D eigenvalue weighted by molar-refractivity contribution is -0.353. The second kappa shape index (κ2) is 13.9. The van der Waals surface area contributed by atoms with Crippen molar-refractivity contribution in [1.82, 2.24) is 0 Å². The lowest BCUT2D eigenvalue weighted by Gasteiger charge is -2.48. The average Bonchev–Trinajstić information content (AvgIpc) is 2.91. The standard InChI is InChI=1S/C26H46O12/c1-13-7-6-9-16(22(13)38-25-21(32)20(31)18(29)14(2)34-25)36-26-24-23(19(30)17(12-28)37-26)35-15(11-27)8-4-3-5-10-33-24/h13-32H,3-12H2,1-2H3. The number of aliphatic hydroxyl groups is 6. The normalized spacial score (nSPS) is 49.3. The van der Waals surface area contributed by atoms with E-state index in [4.69, 9.17) is 28.4 Å². The maximum atomic E-state index is 11.0. The van der Waals surface area contributed by atoms with E-state index in [2.05, 4.69) is 0 Å². The molecule has 0 radical (unpaired) electrons. The molecule has 3 aliphatic heterocycles. The van der Waals surface area contributed by atoms with Crippen molar-refractivity contribution in [3.8, 4) is 0 Å². The van der Waals surface area contributed by atoms with Crippen LogP contribution in [0.3, 0.4) is 0 Å². The highest BCUT2D eigenvalue weighted by molar-refractivity contribution is 4.94. The zero-order chi connectivity index (χ0) is 27.4. The lowest BCUT2D eigenvalue weighted by atomic mass is 9.85. The van der Waals surface area contributed by atoms with Gasteiger partial charge in [-0.25, -0.2) is 0 Å². The number of rotatable bonds is 6. The highest BCUT2D eigenvalue weighted by Crippen LogP contribution is 2.36. The van der Waals surface area contributed by atoms with E-state index in [0.717, 1.165) is 32.1 Å². The third-order valence-electron chi connectivity index (χ3n) is 8.32. The minimum Gasteiger partial charge on any atom is -0.394 e. The molecule has 3 heterocycles. The Balaban J connectivity index is 1.53. The number of ether oxygens (including phenoxy) is 6. The zero-order valence-corrected chi connectivity index (χ0v) is 22.3. The molecule has 0 aromatic rings. The third-order valence-corrected chi connectivity index (χ3v) is 8.32. The Hall–Kier alpha value is -0.480. The first kappa shape index (κ1) is 30.5. The van der Waals surface area contributed by atoms with E-state index in [1.54, 1.807) is 6.92 Å². The maximum absolute atomic E-state index is 11.0. The minimum absolute atomic E-state index is 0.0162. The Morgan fingerprint density at radius 2 is 1.47 bits per heavy atom. The molecule has 3 saturated heterocycles. The summed E-state index contributed by atoms with van der Waals surface area (Å²) in [5.74, 6) is 0.0162. The molecule has 0 bridgehead atoms. The molecular formula is C26H46O12. The predicted molar refractivity (Wildman–Crippen MR) is 131 cm³/mol. The molecule has 222 valence electrons. The van der Waals surface area contributed by atoms with E-state index in [9.17, 15) is 30.6 Å². The summed E-state index contributed by atoms with van der Waals surface area (Å²) in [4.78, 5) is 0. The van der Waals surface area contributed by atoms with Crippen LogP contribution in [0.15, 0.2) is 0 Å². The summed E-state index contributed by atoms with van der Waals surface area (Å²) in [5.41, 5.74) is 0. The van der Waals surface area contributed by atoms with E-state index in [-0.39, 0.29) is 12.5 Å². The van der Waals surface area contributed by atoms with Crippen LogP contribution in [-0.2, 0) is 28.4 Å². The predicted octanol–water partition coefficient (Wildman–Crippen LogP) is -0.812. The van der Waals surface area contributed by atoms with Crippen LogP contribution in [0.4, 0.5) is 0 Å².